The van der Waals surface area contributed by atoms with Crippen molar-refractivity contribution < 1.29 is 9.32 Å². The van der Waals surface area contributed by atoms with Gasteiger partial charge in [-0.2, -0.15) is 4.98 Å². The van der Waals surface area contributed by atoms with Crippen LogP contribution in [0, 0.1) is 6.92 Å². The molecule has 0 aliphatic rings. The summed E-state index contributed by atoms with van der Waals surface area (Å²) < 4.78 is 4.70. The summed E-state index contributed by atoms with van der Waals surface area (Å²) >= 11 is 0. The van der Waals surface area contributed by atoms with E-state index in [1.807, 2.05) is 0 Å². The highest BCUT2D eigenvalue weighted by atomic mass is 16.5. The van der Waals surface area contributed by atoms with Crippen molar-refractivity contribution in [1.82, 2.24) is 10.1 Å². The van der Waals surface area contributed by atoms with Gasteiger partial charge < -0.3 is 16.0 Å². The monoisotopic (exact) mass is 212 g/mol. The summed E-state index contributed by atoms with van der Waals surface area (Å²) in [6.45, 7) is 2.24. The zero-order chi connectivity index (χ0) is 11.3. The molecule has 1 unspecified atom stereocenters. The summed E-state index contributed by atoms with van der Waals surface area (Å²) in [4.78, 5) is 15.4. The van der Waals surface area contributed by atoms with Crippen LogP contribution in [0.3, 0.4) is 0 Å². The van der Waals surface area contributed by atoms with Gasteiger partial charge in [-0.25, -0.2) is 0 Å². The molecule has 1 rings (SSSR count). The van der Waals surface area contributed by atoms with Crippen molar-refractivity contribution in [3.05, 3.63) is 11.7 Å². The number of ketones is 1. The first kappa shape index (κ1) is 11.8. The van der Waals surface area contributed by atoms with Crippen LogP contribution in [-0.4, -0.2) is 28.5 Å². The number of aryl methyl sites for hydroxylation is 1. The van der Waals surface area contributed by atoms with Gasteiger partial charge in [-0.05, 0) is 19.4 Å². The molecule has 6 nitrogen and oxygen atoms in total. The molecular weight excluding hydrogens is 196 g/mol. The molecule has 1 aromatic rings. The van der Waals surface area contributed by atoms with E-state index in [1.165, 1.54) is 0 Å². The third-order valence-corrected chi connectivity index (χ3v) is 2.05. The molecule has 1 heterocycles. The van der Waals surface area contributed by atoms with E-state index in [2.05, 4.69) is 10.1 Å². The number of rotatable bonds is 6. The Hall–Kier alpha value is -1.27. The summed E-state index contributed by atoms with van der Waals surface area (Å²) in [6.07, 6.45) is 2.30. The largest absolute Gasteiger partial charge is 0.339 e. The summed E-state index contributed by atoms with van der Waals surface area (Å²) in [5.74, 6) is 0.157. The van der Waals surface area contributed by atoms with Crippen molar-refractivity contribution in [1.29, 1.82) is 0 Å². The van der Waals surface area contributed by atoms with E-state index in [-0.39, 0.29) is 11.6 Å². The van der Waals surface area contributed by atoms with E-state index >= 15 is 0 Å². The molecule has 84 valence electrons. The van der Waals surface area contributed by atoms with E-state index in [1.54, 1.807) is 6.92 Å². The quantitative estimate of drug-likeness (QED) is 0.508. The number of nitrogens with two attached hydrogens (primary N) is 2. The third kappa shape index (κ3) is 3.41. The van der Waals surface area contributed by atoms with Gasteiger partial charge in [0.15, 0.2) is 0 Å². The lowest BCUT2D eigenvalue weighted by Crippen LogP contribution is -2.31. The van der Waals surface area contributed by atoms with Gasteiger partial charge in [0.2, 0.25) is 17.5 Å². The highest BCUT2D eigenvalue weighted by molar-refractivity contribution is 5.96. The fourth-order valence-corrected chi connectivity index (χ4v) is 1.20. The summed E-state index contributed by atoms with van der Waals surface area (Å²) in [7, 11) is 0. The predicted molar refractivity (Wildman–Crippen MR) is 54.2 cm³/mol. The van der Waals surface area contributed by atoms with Gasteiger partial charge in [-0.1, -0.05) is 11.6 Å². The lowest BCUT2D eigenvalue weighted by molar-refractivity contribution is 0.0943. The third-order valence-electron chi connectivity index (χ3n) is 2.05. The molecule has 0 fully saturated rings. The first-order chi connectivity index (χ1) is 7.15. The fraction of sp³-hybridized carbons (Fsp3) is 0.667. The molecule has 0 aromatic carbocycles. The minimum Gasteiger partial charge on any atom is -0.339 e. The Balaban J connectivity index is 2.46. The van der Waals surface area contributed by atoms with Crippen molar-refractivity contribution in [2.24, 2.45) is 11.5 Å². The number of aromatic nitrogens is 2. The standard InChI is InChI=1S/C9H16N4O2/c1-6-12-9(13-15-6)8(14)7(11)4-2-3-5-10/h7H,2-5,10-11H2,1H3. The number of Topliss-reactive ketones (excluding diaryl/α,β-unsaturated/α-hetero) is 1. The molecule has 0 amide bonds. The predicted octanol–water partition coefficient (Wildman–Crippen LogP) is 0.0170. The number of hydrogen-bond donors (Lipinski definition) is 2. The van der Waals surface area contributed by atoms with Crippen LogP contribution in [0.25, 0.3) is 0 Å². The topological polar surface area (TPSA) is 108 Å². The van der Waals surface area contributed by atoms with E-state index in [0.717, 1.165) is 12.8 Å². The number of carbonyl (C=O) groups is 1. The Kier molecular flexibility index (Phi) is 4.38. The normalized spacial score (nSPS) is 12.7. The van der Waals surface area contributed by atoms with E-state index in [4.69, 9.17) is 16.0 Å². The van der Waals surface area contributed by atoms with Crippen LogP contribution in [0.2, 0.25) is 0 Å². The van der Waals surface area contributed by atoms with Gasteiger partial charge in [-0.15, -0.1) is 0 Å². The SMILES string of the molecule is Cc1nc(C(=O)C(N)CCCCN)no1. The van der Waals surface area contributed by atoms with Gasteiger partial charge in [0.1, 0.15) is 0 Å². The Morgan fingerprint density at radius 1 is 1.53 bits per heavy atom. The summed E-state index contributed by atoms with van der Waals surface area (Å²) in [6, 6.07) is -0.562. The zero-order valence-corrected chi connectivity index (χ0v) is 8.77. The number of carbonyl (C=O) groups excluding carboxylic acids is 1. The lowest BCUT2D eigenvalue weighted by atomic mass is 10.1. The number of hydrogen-bond acceptors (Lipinski definition) is 6. The molecule has 0 spiro atoms. The van der Waals surface area contributed by atoms with Gasteiger partial charge in [-0.3, -0.25) is 4.79 Å². The second kappa shape index (κ2) is 5.57. The average molecular weight is 212 g/mol. The lowest BCUT2D eigenvalue weighted by Gasteiger charge is -2.06. The molecule has 0 saturated heterocycles. The smallest absolute Gasteiger partial charge is 0.240 e. The van der Waals surface area contributed by atoms with E-state index < -0.39 is 6.04 Å². The molecule has 0 aliphatic carbocycles. The molecule has 0 bridgehead atoms. The van der Waals surface area contributed by atoms with Gasteiger partial charge in [0, 0.05) is 6.92 Å². The molecule has 15 heavy (non-hydrogen) atoms. The van der Waals surface area contributed by atoms with Gasteiger partial charge >= 0.3 is 0 Å². The molecule has 6 heteroatoms. The average Bonchev–Trinajstić information content (AvgIpc) is 2.64. The molecule has 1 aromatic heterocycles. The van der Waals surface area contributed by atoms with Crippen molar-refractivity contribution in [3.63, 3.8) is 0 Å². The highest BCUT2D eigenvalue weighted by Gasteiger charge is 2.20. The maximum atomic E-state index is 11.6. The van der Waals surface area contributed by atoms with E-state index in [9.17, 15) is 4.79 Å². The van der Waals surface area contributed by atoms with Crippen LogP contribution in [0.15, 0.2) is 4.52 Å². The maximum absolute atomic E-state index is 11.6. The molecule has 0 aliphatic heterocycles. The van der Waals surface area contributed by atoms with E-state index in [0.29, 0.717) is 18.9 Å². The Bertz CT molecular complexity index is 324. The van der Waals surface area contributed by atoms with Crippen LogP contribution in [-0.2, 0) is 0 Å². The van der Waals surface area contributed by atoms with Crippen molar-refractivity contribution in [3.8, 4) is 0 Å². The fourth-order valence-electron chi connectivity index (χ4n) is 1.20. The Morgan fingerprint density at radius 3 is 2.80 bits per heavy atom. The van der Waals surface area contributed by atoms with Crippen molar-refractivity contribution >= 4 is 5.78 Å². The first-order valence-corrected chi connectivity index (χ1v) is 4.95. The van der Waals surface area contributed by atoms with Crippen LogP contribution >= 0.6 is 0 Å². The van der Waals surface area contributed by atoms with Crippen LogP contribution < -0.4 is 11.5 Å². The molecule has 4 N–H and O–H groups in total. The minimum atomic E-state index is -0.562. The van der Waals surface area contributed by atoms with Crippen LogP contribution in [0.1, 0.15) is 35.8 Å². The molecule has 1 atom stereocenters. The Morgan fingerprint density at radius 2 is 2.27 bits per heavy atom. The highest BCUT2D eigenvalue weighted by Crippen LogP contribution is 2.04. The minimum absolute atomic E-state index is 0.0627. The first-order valence-electron chi connectivity index (χ1n) is 4.95. The van der Waals surface area contributed by atoms with Gasteiger partial charge in [0.25, 0.3) is 0 Å². The second-order valence-electron chi connectivity index (χ2n) is 3.39. The Labute approximate surface area is 88.0 Å². The summed E-state index contributed by atoms with van der Waals surface area (Å²) in [5.41, 5.74) is 11.0. The number of unbranched alkanes of at least 4 members (excludes halogenated alkanes) is 1. The molecule has 0 saturated carbocycles. The zero-order valence-electron chi connectivity index (χ0n) is 8.77. The summed E-state index contributed by atoms with van der Waals surface area (Å²) in [5, 5.41) is 3.52. The van der Waals surface area contributed by atoms with Crippen LogP contribution in [0.4, 0.5) is 0 Å². The number of nitrogens with zero attached hydrogens (tertiary/aromatic N) is 2. The second-order valence-corrected chi connectivity index (χ2v) is 3.39. The van der Waals surface area contributed by atoms with Crippen molar-refractivity contribution in [2.45, 2.75) is 32.2 Å². The van der Waals surface area contributed by atoms with Gasteiger partial charge in [0.05, 0.1) is 6.04 Å². The molecule has 0 radical (unpaired) electrons. The molecular formula is C9H16N4O2. The maximum Gasteiger partial charge on any atom is 0.240 e. The van der Waals surface area contributed by atoms with Crippen LogP contribution in [0.5, 0.6) is 0 Å². The van der Waals surface area contributed by atoms with Crippen molar-refractivity contribution in [2.75, 3.05) is 6.54 Å².